The monoisotopic (exact) mass is 255 g/mol. The van der Waals surface area contributed by atoms with Crippen molar-refractivity contribution in [3.8, 4) is 0 Å². The van der Waals surface area contributed by atoms with E-state index in [1.54, 1.807) is 13.1 Å². The summed E-state index contributed by atoms with van der Waals surface area (Å²) in [5, 5.41) is 2.84. The quantitative estimate of drug-likeness (QED) is 0.815. The van der Waals surface area contributed by atoms with Gasteiger partial charge in [-0.2, -0.15) is 0 Å². The van der Waals surface area contributed by atoms with Crippen LogP contribution in [-0.4, -0.2) is 41.8 Å². The Balaban J connectivity index is 2.50. The zero-order chi connectivity index (χ0) is 12.8. The van der Waals surface area contributed by atoms with Crippen LogP contribution in [0, 0.1) is 0 Å². The van der Waals surface area contributed by atoms with E-state index in [1.165, 1.54) is 17.2 Å². The van der Waals surface area contributed by atoms with Gasteiger partial charge >= 0.3 is 0 Å². The fourth-order valence-corrected chi connectivity index (χ4v) is 1.19. The predicted molar refractivity (Wildman–Crippen MR) is 64.9 cm³/mol. The molecule has 0 aromatic carbocycles. The van der Waals surface area contributed by atoms with Gasteiger partial charge in [0.15, 0.2) is 0 Å². The van der Waals surface area contributed by atoms with Crippen molar-refractivity contribution in [1.29, 1.82) is 0 Å². The number of hydrogen-bond donors (Lipinski definition) is 1. The average Bonchev–Trinajstić information content (AvgIpc) is 2.35. The summed E-state index contributed by atoms with van der Waals surface area (Å²) in [7, 11) is 1.68. The second-order valence-corrected chi connectivity index (χ2v) is 3.85. The summed E-state index contributed by atoms with van der Waals surface area (Å²) in [4.78, 5) is 28.4. The maximum atomic E-state index is 11.6. The third-order valence-electron chi connectivity index (χ3n) is 2.29. The van der Waals surface area contributed by atoms with Gasteiger partial charge in [-0.05, 0) is 19.1 Å². The highest BCUT2D eigenvalue weighted by atomic mass is 35.5. The summed E-state index contributed by atoms with van der Waals surface area (Å²) in [6, 6.07) is 3.08. The van der Waals surface area contributed by atoms with Gasteiger partial charge in [-0.15, -0.1) is 0 Å². The van der Waals surface area contributed by atoms with E-state index >= 15 is 0 Å². The molecule has 0 bridgehead atoms. The van der Waals surface area contributed by atoms with Crippen LogP contribution in [0.4, 0.5) is 0 Å². The zero-order valence-electron chi connectivity index (χ0n) is 9.74. The molecule has 0 aliphatic rings. The fraction of sp³-hybridized carbons (Fsp3) is 0.364. The predicted octanol–water partition coefficient (Wildman–Crippen LogP) is 0.943. The molecule has 2 amide bonds. The molecule has 0 fully saturated rings. The lowest BCUT2D eigenvalue weighted by molar-refractivity contribution is -0.128. The molecule has 1 rings (SSSR count). The molecular formula is C11H14ClN3O2. The maximum absolute atomic E-state index is 11.6. The Morgan fingerprint density at radius 2 is 2.18 bits per heavy atom. The largest absolute Gasteiger partial charge is 0.345 e. The van der Waals surface area contributed by atoms with E-state index in [2.05, 4.69) is 10.3 Å². The molecule has 0 atom stereocenters. The number of carbonyl (C=O) groups excluding carboxylic acids is 2. The number of hydrogen-bond acceptors (Lipinski definition) is 3. The number of rotatable bonds is 4. The summed E-state index contributed by atoms with van der Waals surface area (Å²) >= 11 is 5.60. The SMILES string of the molecule is CCN(C)C(=O)CNC(=O)c1ccc(Cl)nc1. The fourth-order valence-electron chi connectivity index (χ4n) is 1.08. The van der Waals surface area contributed by atoms with Crippen molar-refractivity contribution < 1.29 is 9.59 Å². The Hall–Kier alpha value is -1.62. The highest BCUT2D eigenvalue weighted by molar-refractivity contribution is 6.29. The molecule has 0 radical (unpaired) electrons. The van der Waals surface area contributed by atoms with Crippen molar-refractivity contribution in [1.82, 2.24) is 15.2 Å². The first kappa shape index (κ1) is 13.4. The minimum Gasteiger partial charge on any atom is -0.345 e. The Morgan fingerprint density at radius 1 is 1.47 bits per heavy atom. The number of amides is 2. The van der Waals surface area contributed by atoms with Gasteiger partial charge in [0.2, 0.25) is 5.91 Å². The van der Waals surface area contributed by atoms with Gasteiger partial charge in [0.05, 0.1) is 12.1 Å². The smallest absolute Gasteiger partial charge is 0.253 e. The lowest BCUT2D eigenvalue weighted by Gasteiger charge is -2.14. The normalized spacial score (nSPS) is 9.82. The molecule has 0 saturated carbocycles. The van der Waals surface area contributed by atoms with Gasteiger partial charge in [-0.1, -0.05) is 11.6 Å². The van der Waals surface area contributed by atoms with Crippen molar-refractivity contribution in [3.05, 3.63) is 29.0 Å². The third-order valence-corrected chi connectivity index (χ3v) is 2.51. The Morgan fingerprint density at radius 3 is 2.71 bits per heavy atom. The van der Waals surface area contributed by atoms with Gasteiger partial charge in [-0.25, -0.2) is 4.98 Å². The van der Waals surface area contributed by atoms with Gasteiger partial charge in [0.1, 0.15) is 5.15 Å². The molecule has 1 aromatic rings. The van der Waals surface area contributed by atoms with Crippen LogP contribution in [0.5, 0.6) is 0 Å². The molecule has 5 nitrogen and oxygen atoms in total. The van der Waals surface area contributed by atoms with Crippen LogP contribution in [-0.2, 0) is 4.79 Å². The number of nitrogens with one attached hydrogen (secondary N) is 1. The van der Waals surface area contributed by atoms with E-state index in [1.807, 2.05) is 6.92 Å². The lowest BCUT2D eigenvalue weighted by Crippen LogP contribution is -2.38. The van der Waals surface area contributed by atoms with Crippen molar-refractivity contribution in [3.63, 3.8) is 0 Å². The zero-order valence-corrected chi connectivity index (χ0v) is 10.5. The Bertz CT molecular complexity index is 406. The first-order chi connectivity index (χ1) is 8.04. The molecule has 0 aliphatic heterocycles. The molecule has 0 spiro atoms. The molecule has 0 unspecified atom stereocenters. The van der Waals surface area contributed by atoms with Crippen LogP contribution >= 0.6 is 11.6 Å². The molecule has 0 aliphatic carbocycles. The van der Waals surface area contributed by atoms with Crippen LogP contribution in [0.15, 0.2) is 18.3 Å². The first-order valence-corrected chi connectivity index (χ1v) is 5.56. The Kier molecular flexibility index (Phi) is 4.90. The van der Waals surface area contributed by atoms with Crippen molar-refractivity contribution >= 4 is 23.4 Å². The molecule has 92 valence electrons. The summed E-state index contributed by atoms with van der Waals surface area (Å²) in [5.41, 5.74) is 0.376. The summed E-state index contributed by atoms with van der Waals surface area (Å²) in [5.74, 6) is -0.477. The third kappa shape index (κ3) is 4.03. The molecule has 1 heterocycles. The topological polar surface area (TPSA) is 62.3 Å². The van der Waals surface area contributed by atoms with Gasteiger partial charge < -0.3 is 10.2 Å². The number of aromatic nitrogens is 1. The van der Waals surface area contributed by atoms with Crippen molar-refractivity contribution in [2.75, 3.05) is 20.1 Å². The van der Waals surface area contributed by atoms with Crippen LogP contribution in [0.2, 0.25) is 5.15 Å². The summed E-state index contributed by atoms with van der Waals surface area (Å²) < 4.78 is 0. The van der Waals surface area contributed by atoms with Gasteiger partial charge in [0, 0.05) is 19.8 Å². The van der Waals surface area contributed by atoms with Crippen LogP contribution in [0.1, 0.15) is 17.3 Å². The van der Waals surface area contributed by atoms with E-state index in [0.717, 1.165) is 0 Å². The highest BCUT2D eigenvalue weighted by Gasteiger charge is 2.10. The second kappa shape index (κ2) is 6.20. The first-order valence-electron chi connectivity index (χ1n) is 5.18. The molecule has 1 aromatic heterocycles. The lowest BCUT2D eigenvalue weighted by atomic mass is 10.2. The second-order valence-electron chi connectivity index (χ2n) is 3.46. The van der Waals surface area contributed by atoms with E-state index in [4.69, 9.17) is 11.6 Å². The minimum atomic E-state index is -0.341. The number of halogens is 1. The summed E-state index contributed by atoms with van der Waals surface area (Å²) in [6.07, 6.45) is 1.37. The van der Waals surface area contributed by atoms with E-state index in [-0.39, 0.29) is 18.4 Å². The maximum Gasteiger partial charge on any atom is 0.253 e. The van der Waals surface area contributed by atoms with E-state index in [0.29, 0.717) is 17.3 Å². The number of pyridine rings is 1. The Labute approximate surface area is 105 Å². The average molecular weight is 256 g/mol. The summed E-state index contributed by atoms with van der Waals surface area (Å²) in [6.45, 7) is 2.45. The molecule has 1 N–H and O–H groups in total. The van der Waals surface area contributed by atoms with Crippen molar-refractivity contribution in [2.24, 2.45) is 0 Å². The van der Waals surface area contributed by atoms with Gasteiger partial charge in [0.25, 0.3) is 5.91 Å². The van der Waals surface area contributed by atoms with Crippen LogP contribution in [0.25, 0.3) is 0 Å². The van der Waals surface area contributed by atoms with Crippen molar-refractivity contribution in [2.45, 2.75) is 6.92 Å². The molecule has 6 heteroatoms. The van der Waals surface area contributed by atoms with Crippen LogP contribution in [0.3, 0.4) is 0 Å². The molecule has 17 heavy (non-hydrogen) atoms. The number of carbonyl (C=O) groups is 2. The highest BCUT2D eigenvalue weighted by Crippen LogP contribution is 2.04. The van der Waals surface area contributed by atoms with Crippen LogP contribution < -0.4 is 5.32 Å². The molecular weight excluding hydrogens is 242 g/mol. The number of nitrogens with zero attached hydrogens (tertiary/aromatic N) is 2. The molecule has 0 saturated heterocycles. The van der Waals surface area contributed by atoms with E-state index in [9.17, 15) is 9.59 Å². The standard InChI is InChI=1S/C11H14ClN3O2/c1-3-15(2)10(16)7-14-11(17)8-4-5-9(12)13-6-8/h4-6H,3,7H2,1-2H3,(H,14,17). The van der Waals surface area contributed by atoms with E-state index < -0.39 is 0 Å². The number of likely N-dealkylation sites (N-methyl/N-ethyl adjacent to an activating group) is 1. The minimum absolute atomic E-state index is 0.0220. The van der Waals surface area contributed by atoms with Gasteiger partial charge in [-0.3, -0.25) is 9.59 Å².